The minimum atomic E-state index is -0.572. The van der Waals surface area contributed by atoms with Gasteiger partial charge in [0.1, 0.15) is 18.2 Å². The van der Waals surface area contributed by atoms with Gasteiger partial charge in [0.2, 0.25) is 5.88 Å². The molecule has 3 rings (SSSR count). The van der Waals surface area contributed by atoms with E-state index >= 15 is 0 Å². The second-order valence-electron chi connectivity index (χ2n) is 5.00. The molecule has 0 aliphatic carbocycles. The second kappa shape index (κ2) is 6.99. The summed E-state index contributed by atoms with van der Waals surface area (Å²) in [6.45, 7) is 0.360. The van der Waals surface area contributed by atoms with Crippen molar-refractivity contribution in [1.82, 2.24) is 20.3 Å². The molecule has 0 atom stereocenters. The van der Waals surface area contributed by atoms with Crippen molar-refractivity contribution in [3.05, 3.63) is 36.0 Å². The number of carbonyl (C=O) groups excluding carboxylic acids is 1. The molecule has 0 saturated carbocycles. The number of anilines is 3. The lowest BCUT2D eigenvalue weighted by molar-refractivity contribution is -0.115. The van der Waals surface area contributed by atoms with E-state index in [2.05, 4.69) is 30.9 Å². The Morgan fingerprint density at radius 3 is 2.96 bits per heavy atom. The van der Waals surface area contributed by atoms with Crippen molar-refractivity contribution in [1.29, 1.82) is 0 Å². The molecule has 4 bridgehead atoms. The molecule has 0 saturated heterocycles. The van der Waals surface area contributed by atoms with Crippen LogP contribution in [0.5, 0.6) is 5.88 Å². The summed E-state index contributed by atoms with van der Waals surface area (Å²) in [5, 5.41) is 8.27. The summed E-state index contributed by atoms with van der Waals surface area (Å²) in [5.74, 6) is -0.110. The number of nitrogens with one attached hydrogen (secondary N) is 3. The van der Waals surface area contributed by atoms with E-state index in [1.165, 1.54) is 12.1 Å². The summed E-state index contributed by atoms with van der Waals surface area (Å²) >= 11 is 0. The highest BCUT2D eigenvalue weighted by molar-refractivity contribution is 6.18. The standard InChI is InChI=1S/C15H16FN7O2/c1-18-10-6-11-21-13(20-10)8(7-17)15(24)19-4-5-25-12-3-2-9(16)14(22-11)23-12/h2-3,6-7H,4-5,17H2,1H3,(H,19,24)(H2,18,20,21,22,23)/b8-7+. The molecule has 0 radical (unpaired) electrons. The number of carbonyl (C=O) groups is 1. The molecule has 25 heavy (non-hydrogen) atoms. The maximum Gasteiger partial charge on any atom is 0.256 e. The quantitative estimate of drug-likeness (QED) is 0.554. The fourth-order valence-corrected chi connectivity index (χ4v) is 2.14. The lowest BCUT2D eigenvalue weighted by atomic mass is 10.2. The van der Waals surface area contributed by atoms with E-state index in [0.29, 0.717) is 5.82 Å². The highest BCUT2D eigenvalue weighted by Gasteiger charge is 2.18. The van der Waals surface area contributed by atoms with Gasteiger partial charge in [-0.3, -0.25) is 4.79 Å². The third-order valence-electron chi connectivity index (χ3n) is 3.34. The monoisotopic (exact) mass is 345 g/mol. The van der Waals surface area contributed by atoms with Crippen LogP contribution in [-0.2, 0) is 4.79 Å². The van der Waals surface area contributed by atoms with E-state index in [1.807, 2.05) is 0 Å². The van der Waals surface area contributed by atoms with E-state index in [9.17, 15) is 9.18 Å². The Labute approximate surface area is 142 Å². The minimum absolute atomic E-state index is 0.0546. The first kappa shape index (κ1) is 16.4. The number of hydrogen-bond acceptors (Lipinski definition) is 8. The highest BCUT2D eigenvalue weighted by Crippen LogP contribution is 2.23. The number of ether oxygens (including phenoxy) is 1. The Hall–Kier alpha value is -3.43. The third-order valence-corrected chi connectivity index (χ3v) is 3.34. The zero-order valence-electron chi connectivity index (χ0n) is 13.3. The minimum Gasteiger partial charge on any atom is -0.476 e. The molecule has 0 aromatic carbocycles. The molecule has 1 aliphatic rings. The van der Waals surface area contributed by atoms with Crippen molar-refractivity contribution in [2.24, 2.45) is 5.73 Å². The SMILES string of the molecule is CNc1cc2nc(n1)/C(=C\N)C(=O)NCCOc1ccc(F)c(n1)N2. The van der Waals surface area contributed by atoms with Crippen LogP contribution < -0.4 is 26.4 Å². The molecule has 0 fully saturated rings. The Morgan fingerprint density at radius 1 is 1.36 bits per heavy atom. The first-order valence-electron chi connectivity index (χ1n) is 7.44. The van der Waals surface area contributed by atoms with E-state index in [1.54, 1.807) is 13.1 Å². The maximum atomic E-state index is 14.0. The van der Waals surface area contributed by atoms with E-state index in [-0.39, 0.29) is 42.1 Å². The van der Waals surface area contributed by atoms with Crippen molar-refractivity contribution in [2.45, 2.75) is 0 Å². The van der Waals surface area contributed by atoms with Gasteiger partial charge in [0.15, 0.2) is 17.5 Å². The van der Waals surface area contributed by atoms with Crippen LogP contribution in [0.15, 0.2) is 24.4 Å². The topological polar surface area (TPSA) is 127 Å². The largest absolute Gasteiger partial charge is 0.476 e. The summed E-state index contributed by atoms with van der Waals surface area (Å²) < 4.78 is 19.4. The van der Waals surface area contributed by atoms with Crippen LogP contribution in [-0.4, -0.2) is 41.1 Å². The van der Waals surface area contributed by atoms with Gasteiger partial charge in [-0.2, -0.15) is 4.98 Å². The van der Waals surface area contributed by atoms with Gasteiger partial charge in [0.05, 0.1) is 12.1 Å². The van der Waals surface area contributed by atoms with Crippen LogP contribution in [0.1, 0.15) is 5.82 Å². The first-order chi connectivity index (χ1) is 12.1. The average molecular weight is 345 g/mol. The number of aromatic nitrogens is 3. The van der Waals surface area contributed by atoms with Crippen LogP contribution >= 0.6 is 0 Å². The van der Waals surface area contributed by atoms with Gasteiger partial charge in [-0.1, -0.05) is 0 Å². The second-order valence-corrected chi connectivity index (χ2v) is 5.00. The molecule has 0 spiro atoms. The van der Waals surface area contributed by atoms with E-state index in [4.69, 9.17) is 10.5 Å². The number of halogens is 1. The van der Waals surface area contributed by atoms with Crippen LogP contribution in [0, 0.1) is 5.82 Å². The summed E-state index contributed by atoms with van der Waals surface area (Å²) in [7, 11) is 1.66. The maximum absolute atomic E-state index is 14.0. The lowest BCUT2D eigenvalue weighted by Gasteiger charge is -2.11. The number of pyridine rings is 1. The molecule has 1 amide bonds. The van der Waals surface area contributed by atoms with Crippen LogP contribution in [0.2, 0.25) is 0 Å². The number of amides is 1. The summed E-state index contributed by atoms with van der Waals surface area (Å²) in [6.07, 6.45) is 1.12. The van der Waals surface area contributed by atoms with Crippen molar-refractivity contribution in [3.63, 3.8) is 0 Å². The predicted octanol–water partition coefficient (Wildman–Crippen LogP) is 0.604. The molecule has 9 nitrogen and oxygen atoms in total. The molecule has 3 heterocycles. The third kappa shape index (κ3) is 3.57. The normalized spacial score (nSPS) is 15.8. The lowest BCUT2D eigenvalue weighted by Crippen LogP contribution is -2.29. The molecule has 2 aromatic heterocycles. The number of nitrogens with two attached hydrogens (primary N) is 1. The fraction of sp³-hybridized carbons (Fsp3) is 0.200. The summed E-state index contributed by atoms with van der Waals surface area (Å²) in [4.78, 5) is 24.8. The number of nitrogens with zero attached hydrogens (tertiary/aromatic N) is 3. The highest BCUT2D eigenvalue weighted by atomic mass is 19.1. The van der Waals surface area contributed by atoms with Gasteiger partial charge >= 0.3 is 0 Å². The molecule has 2 aromatic rings. The Balaban J connectivity index is 2.11. The molecular formula is C15H16FN7O2. The Bertz CT molecular complexity index is 841. The van der Waals surface area contributed by atoms with Crippen LogP contribution in [0.25, 0.3) is 5.57 Å². The van der Waals surface area contributed by atoms with Gasteiger partial charge in [-0.05, 0) is 6.07 Å². The smallest absolute Gasteiger partial charge is 0.256 e. The predicted molar refractivity (Wildman–Crippen MR) is 89.7 cm³/mol. The molecule has 130 valence electrons. The number of fused-ring (bicyclic) bond motifs is 4. The van der Waals surface area contributed by atoms with Crippen LogP contribution in [0.4, 0.5) is 21.8 Å². The van der Waals surface area contributed by atoms with Gasteiger partial charge in [0.25, 0.3) is 5.91 Å². The Kier molecular flexibility index (Phi) is 4.59. The average Bonchev–Trinajstić information content (AvgIpc) is 2.61. The zero-order chi connectivity index (χ0) is 17.8. The molecular weight excluding hydrogens is 329 g/mol. The van der Waals surface area contributed by atoms with E-state index < -0.39 is 11.7 Å². The Morgan fingerprint density at radius 2 is 2.20 bits per heavy atom. The fourth-order valence-electron chi connectivity index (χ4n) is 2.14. The van der Waals surface area contributed by atoms with Gasteiger partial charge in [-0.25, -0.2) is 14.4 Å². The van der Waals surface area contributed by atoms with Crippen molar-refractivity contribution < 1.29 is 13.9 Å². The van der Waals surface area contributed by atoms with Crippen LogP contribution in [0.3, 0.4) is 0 Å². The van der Waals surface area contributed by atoms with Gasteiger partial charge < -0.3 is 26.4 Å². The van der Waals surface area contributed by atoms with E-state index in [0.717, 1.165) is 6.20 Å². The zero-order valence-corrected chi connectivity index (χ0v) is 13.3. The van der Waals surface area contributed by atoms with Gasteiger partial charge in [-0.15, -0.1) is 0 Å². The summed E-state index contributed by atoms with van der Waals surface area (Å²) in [5.41, 5.74) is 5.65. The molecule has 10 heteroatoms. The summed E-state index contributed by atoms with van der Waals surface area (Å²) in [6, 6.07) is 4.18. The van der Waals surface area contributed by atoms with Crippen molar-refractivity contribution in [3.8, 4) is 5.88 Å². The van der Waals surface area contributed by atoms with Gasteiger partial charge in [0, 0.05) is 25.4 Å². The number of hydrogen-bond donors (Lipinski definition) is 4. The number of rotatable bonds is 1. The molecule has 1 aliphatic heterocycles. The first-order valence-corrected chi connectivity index (χ1v) is 7.44. The molecule has 5 N–H and O–H groups in total. The van der Waals surface area contributed by atoms with Crippen molar-refractivity contribution >= 4 is 28.9 Å². The van der Waals surface area contributed by atoms with Crippen molar-refractivity contribution in [2.75, 3.05) is 30.8 Å². The molecule has 0 unspecified atom stereocenters.